The third-order valence-corrected chi connectivity index (χ3v) is 7.98. The molecule has 1 aliphatic rings. The van der Waals surface area contributed by atoms with Crippen LogP contribution in [0.3, 0.4) is 0 Å². The molecule has 0 bridgehead atoms. The SMILES string of the molecule is COc1cc(-c2nc3sc4c(c3c(=O)[nH]2)CCCC4)cc(Cl)c1OCCCOc1c(C)cccc1C. The number of aromatic amines is 1. The molecular formula is C28H29ClN2O4S. The van der Waals surface area contributed by atoms with Crippen molar-refractivity contribution in [2.24, 2.45) is 0 Å². The molecule has 2 aromatic carbocycles. The van der Waals surface area contributed by atoms with E-state index in [1.165, 1.54) is 10.4 Å². The largest absolute Gasteiger partial charge is 0.493 e. The minimum absolute atomic E-state index is 0.103. The summed E-state index contributed by atoms with van der Waals surface area (Å²) >= 11 is 8.22. The molecule has 2 aromatic heterocycles. The third-order valence-electron chi connectivity index (χ3n) is 6.52. The van der Waals surface area contributed by atoms with E-state index in [2.05, 4.69) is 4.98 Å². The lowest BCUT2D eigenvalue weighted by atomic mass is 9.97. The van der Waals surface area contributed by atoms with Crippen LogP contribution in [0, 0.1) is 13.8 Å². The first kappa shape index (κ1) is 24.7. The predicted molar refractivity (Wildman–Crippen MR) is 145 cm³/mol. The first-order valence-corrected chi connectivity index (χ1v) is 13.4. The zero-order valence-electron chi connectivity index (χ0n) is 20.7. The number of hydrogen-bond acceptors (Lipinski definition) is 6. The number of methoxy groups -OCH3 is 1. The second kappa shape index (κ2) is 10.5. The fraction of sp³-hybridized carbons (Fsp3) is 0.357. The summed E-state index contributed by atoms with van der Waals surface area (Å²) in [5.41, 5.74) is 3.97. The molecule has 0 amide bonds. The van der Waals surface area contributed by atoms with Crippen molar-refractivity contribution in [2.45, 2.75) is 46.0 Å². The fourth-order valence-electron chi connectivity index (χ4n) is 4.73. The lowest BCUT2D eigenvalue weighted by molar-refractivity contribution is 0.239. The van der Waals surface area contributed by atoms with Gasteiger partial charge in [-0.2, -0.15) is 0 Å². The van der Waals surface area contributed by atoms with Gasteiger partial charge < -0.3 is 19.2 Å². The van der Waals surface area contributed by atoms with E-state index in [1.807, 2.05) is 32.0 Å². The molecule has 1 N–H and O–H groups in total. The molecule has 0 spiro atoms. The summed E-state index contributed by atoms with van der Waals surface area (Å²) in [7, 11) is 1.57. The Labute approximate surface area is 219 Å². The lowest BCUT2D eigenvalue weighted by Gasteiger charge is -2.15. The number of aryl methyl sites for hydroxylation is 4. The van der Waals surface area contributed by atoms with E-state index < -0.39 is 0 Å². The quantitative estimate of drug-likeness (QED) is 0.261. The average Bonchev–Trinajstić information content (AvgIpc) is 3.25. The van der Waals surface area contributed by atoms with Gasteiger partial charge in [-0.05, 0) is 68.4 Å². The molecule has 0 saturated carbocycles. The summed E-state index contributed by atoms with van der Waals surface area (Å²) in [6, 6.07) is 9.65. The van der Waals surface area contributed by atoms with Gasteiger partial charge in [0.1, 0.15) is 16.4 Å². The molecule has 36 heavy (non-hydrogen) atoms. The summed E-state index contributed by atoms with van der Waals surface area (Å²) in [6.07, 6.45) is 4.93. The number of para-hydroxylation sites is 1. The van der Waals surface area contributed by atoms with Gasteiger partial charge in [-0.3, -0.25) is 4.79 Å². The number of rotatable bonds is 8. The Morgan fingerprint density at radius 3 is 2.53 bits per heavy atom. The van der Waals surface area contributed by atoms with E-state index in [0.29, 0.717) is 47.5 Å². The number of halogens is 1. The van der Waals surface area contributed by atoms with Crippen LogP contribution in [-0.4, -0.2) is 30.3 Å². The number of aromatic nitrogens is 2. The van der Waals surface area contributed by atoms with Gasteiger partial charge in [0.05, 0.1) is 30.7 Å². The van der Waals surface area contributed by atoms with Crippen LogP contribution < -0.4 is 19.8 Å². The van der Waals surface area contributed by atoms with Gasteiger partial charge in [-0.15, -0.1) is 11.3 Å². The maximum Gasteiger partial charge on any atom is 0.260 e. The molecule has 0 aliphatic heterocycles. The number of nitrogens with zero attached hydrogens (tertiary/aromatic N) is 1. The Hall–Kier alpha value is -3.03. The van der Waals surface area contributed by atoms with Crippen molar-refractivity contribution in [2.75, 3.05) is 20.3 Å². The highest BCUT2D eigenvalue weighted by Crippen LogP contribution is 2.40. The molecule has 5 rings (SSSR count). The Kier molecular flexibility index (Phi) is 7.21. The van der Waals surface area contributed by atoms with Crippen LogP contribution in [0.2, 0.25) is 5.02 Å². The van der Waals surface area contributed by atoms with Crippen LogP contribution in [0.1, 0.15) is 40.8 Å². The monoisotopic (exact) mass is 524 g/mol. The number of thiophene rings is 1. The number of H-pyrrole nitrogens is 1. The fourth-order valence-corrected chi connectivity index (χ4v) is 6.26. The van der Waals surface area contributed by atoms with Gasteiger partial charge >= 0.3 is 0 Å². The van der Waals surface area contributed by atoms with Gasteiger partial charge in [0, 0.05) is 16.9 Å². The maximum atomic E-state index is 13.0. The second-order valence-electron chi connectivity index (χ2n) is 9.07. The molecule has 0 fully saturated rings. The van der Waals surface area contributed by atoms with Crippen molar-refractivity contribution in [3.8, 4) is 28.6 Å². The maximum absolute atomic E-state index is 13.0. The first-order chi connectivity index (χ1) is 17.5. The Morgan fingerprint density at radius 2 is 1.78 bits per heavy atom. The Bertz CT molecular complexity index is 1460. The van der Waals surface area contributed by atoms with Gasteiger partial charge in [0.15, 0.2) is 11.5 Å². The zero-order chi connectivity index (χ0) is 25.2. The van der Waals surface area contributed by atoms with Gasteiger partial charge in [0.2, 0.25) is 0 Å². The normalized spacial score (nSPS) is 13.0. The summed E-state index contributed by atoms with van der Waals surface area (Å²) in [4.78, 5) is 22.8. The van der Waals surface area contributed by atoms with E-state index in [9.17, 15) is 4.79 Å². The molecule has 0 radical (unpaired) electrons. The molecule has 6 nitrogen and oxygen atoms in total. The molecule has 1 aliphatic carbocycles. The van der Waals surface area contributed by atoms with E-state index >= 15 is 0 Å². The summed E-state index contributed by atoms with van der Waals surface area (Å²) in [5, 5.41) is 1.13. The standard InChI is InChI=1S/C28H29ClN2O4S/c1-16-8-6-9-17(2)24(16)34-12-7-13-35-25-20(29)14-18(15-21(25)33-3)26-30-27(32)23-19-10-4-5-11-22(19)36-28(23)31-26/h6,8-9,14-15H,4-5,7,10-13H2,1-3H3,(H,30,31,32). The second-order valence-corrected chi connectivity index (χ2v) is 10.6. The molecule has 2 heterocycles. The summed E-state index contributed by atoms with van der Waals surface area (Å²) in [5.74, 6) is 2.34. The van der Waals surface area contributed by atoms with Crippen molar-refractivity contribution in [1.29, 1.82) is 0 Å². The number of nitrogens with one attached hydrogen (secondary N) is 1. The van der Waals surface area contributed by atoms with E-state index in [0.717, 1.165) is 52.8 Å². The van der Waals surface area contributed by atoms with Crippen molar-refractivity contribution < 1.29 is 14.2 Å². The number of ether oxygens (including phenoxy) is 3. The van der Waals surface area contributed by atoms with Crippen molar-refractivity contribution >= 4 is 33.2 Å². The number of benzene rings is 2. The van der Waals surface area contributed by atoms with Gasteiger partial charge in [-0.1, -0.05) is 29.8 Å². The lowest BCUT2D eigenvalue weighted by Crippen LogP contribution is -2.11. The van der Waals surface area contributed by atoms with E-state index in [-0.39, 0.29) is 5.56 Å². The van der Waals surface area contributed by atoms with Crippen molar-refractivity contribution in [3.05, 3.63) is 67.3 Å². The van der Waals surface area contributed by atoms with Crippen LogP contribution in [0.4, 0.5) is 0 Å². The number of hydrogen-bond donors (Lipinski definition) is 1. The molecule has 0 saturated heterocycles. The average molecular weight is 525 g/mol. The van der Waals surface area contributed by atoms with Crippen LogP contribution in [0.5, 0.6) is 17.2 Å². The molecule has 8 heteroatoms. The first-order valence-electron chi connectivity index (χ1n) is 12.2. The van der Waals surface area contributed by atoms with Crippen molar-refractivity contribution in [1.82, 2.24) is 9.97 Å². The summed E-state index contributed by atoms with van der Waals surface area (Å²) < 4.78 is 17.5. The van der Waals surface area contributed by atoms with Crippen LogP contribution in [0.15, 0.2) is 35.1 Å². The number of fused-ring (bicyclic) bond motifs is 3. The van der Waals surface area contributed by atoms with Crippen molar-refractivity contribution in [3.63, 3.8) is 0 Å². The highest BCUT2D eigenvalue weighted by molar-refractivity contribution is 7.18. The third kappa shape index (κ3) is 4.82. The van der Waals surface area contributed by atoms with E-state index in [1.54, 1.807) is 30.6 Å². The molecule has 0 unspecified atom stereocenters. The highest BCUT2D eigenvalue weighted by Gasteiger charge is 2.21. The van der Waals surface area contributed by atoms with Crippen LogP contribution >= 0.6 is 22.9 Å². The van der Waals surface area contributed by atoms with Crippen LogP contribution in [0.25, 0.3) is 21.6 Å². The predicted octanol–water partition coefficient (Wildman–Crippen LogP) is 6.66. The zero-order valence-corrected chi connectivity index (χ0v) is 22.3. The van der Waals surface area contributed by atoms with Crippen LogP contribution in [-0.2, 0) is 12.8 Å². The molecule has 188 valence electrons. The van der Waals surface area contributed by atoms with Gasteiger partial charge in [0.25, 0.3) is 5.56 Å². The van der Waals surface area contributed by atoms with E-state index in [4.69, 9.17) is 30.8 Å². The highest BCUT2D eigenvalue weighted by atomic mass is 35.5. The Morgan fingerprint density at radius 1 is 1.06 bits per heavy atom. The topological polar surface area (TPSA) is 73.4 Å². The minimum atomic E-state index is -0.103. The molecule has 0 atom stereocenters. The summed E-state index contributed by atoms with van der Waals surface area (Å²) in [6.45, 7) is 5.02. The van der Waals surface area contributed by atoms with Gasteiger partial charge in [-0.25, -0.2) is 4.98 Å². The Balaban J connectivity index is 1.32. The minimum Gasteiger partial charge on any atom is -0.493 e. The smallest absolute Gasteiger partial charge is 0.260 e. The molecule has 4 aromatic rings. The molecular weight excluding hydrogens is 496 g/mol.